The molecule has 6 nitrogen and oxygen atoms in total. The Hall–Kier alpha value is -3.22. The second kappa shape index (κ2) is 9.64. The first-order chi connectivity index (χ1) is 13.2. The van der Waals surface area contributed by atoms with E-state index in [4.69, 9.17) is 0 Å². The van der Waals surface area contributed by atoms with Crippen LogP contribution in [0.3, 0.4) is 0 Å². The Morgan fingerprint density at radius 2 is 1.39 bits per heavy atom. The number of carboxylic acid groups (broad SMARTS) is 1. The lowest BCUT2D eigenvalue weighted by Gasteiger charge is -2.21. The third-order valence-corrected chi connectivity index (χ3v) is 4.22. The normalized spacial score (nSPS) is 12.7. The van der Waals surface area contributed by atoms with Gasteiger partial charge in [-0.1, -0.05) is 42.0 Å². The maximum atomic E-state index is 13.1. The molecule has 0 spiro atoms. The molecule has 28 heavy (non-hydrogen) atoms. The van der Waals surface area contributed by atoms with Gasteiger partial charge in [-0.25, -0.2) is 9.18 Å². The van der Waals surface area contributed by atoms with Crippen molar-refractivity contribution < 1.29 is 23.9 Å². The molecule has 0 fully saturated rings. The Labute approximate surface area is 162 Å². The van der Waals surface area contributed by atoms with Crippen molar-refractivity contribution in [1.82, 2.24) is 10.6 Å². The average molecular weight is 386 g/mol. The zero-order valence-electron chi connectivity index (χ0n) is 15.7. The van der Waals surface area contributed by atoms with Gasteiger partial charge in [0.05, 0.1) is 0 Å². The first kappa shape index (κ1) is 21.1. The quantitative estimate of drug-likeness (QED) is 0.647. The van der Waals surface area contributed by atoms with Gasteiger partial charge in [-0.2, -0.15) is 0 Å². The topological polar surface area (TPSA) is 95.5 Å². The third kappa shape index (κ3) is 6.50. The van der Waals surface area contributed by atoms with Crippen LogP contribution < -0.4 is 10.6 Å². The van der Waals surface area contributed by atoms with E-state index in [1.54, 1.807) is 12.1 Å². The minimum atomic E-state index is -1.17. The molecule has 0 aliphatic heterocycles. The van der Waals surface area contributed by atoms with Crippen LogP contribution in [0.15, 0.2) is 48.5 Å². The van der Waals surface area contributed by atoms with Crippen LogP contribution in [0.2, 0.25) is 0 Å². The molecule has 0 unspecified atom stereocenters. The van der Waals surface area contributed by atoms with Gasteiger partial charge >= 0.3 is 5.97 Å². The standard InChI is InChI=1S/C21H23FN2O4/c1-13-3-5-15(6-4-13)12-19(21(27)28)24-20(26)18(23-14(2)25)11-16-7-9-17(22)10-8-16/h3-10,18-19H,11-12H2,1-2H3,(H,23,25)(H,24,26)(H,27,28)/t18-,19+/m1/s1. The van der Waals surface area contributed by atoms with Crippen molar-refractivity contribution >= 4 is 17.8 Å². The summed E-state index contributed by atoms with van der Waals surface area (Å²) < 4.78 is 13.1. The fraction of sp³-hybridized carbons (Fsp3) is 0.286. The van der Waals surface area contributed by atoms with Crippen LogP contribution in [0.1, 0.15) is 23.6 Å². The average Bonchev–Trinajstić information content (AvgIpc) is 2.63. The van der Waals surface area contributed by atoms with E-state index in [-0.39, 0.29) is 12.8 Å². The number of halogens is 1. The van der Waals surface area contributed by atoms with Crippen molar-refractivity contribution in [3.63, 3.8) is 0 Å². The second-order valence-corrected chi connectivity index (χ2v) is 6.67. The van der Waals surface area contributed by atoms with Gasteiger partial charge in [0.2, 0.25) is 11.8 Å². The molecule has 2 amide bonds. The Bertz CT molecular complexity index is 834. The molecule has 2 aromatic rings. The zero-order chi connectivity index (χ0) is 20.7. The molecule has 2 aromatic carbocycles. The number of carbonyl (C=O) groups excluding carboxylic acids is 2. The summed E-state index contributed by atoms with van der Waals surface area (Å²) in [6.45, 7) is 3.19. The van der Waals surface area contributed by atoms with Crippen LogP contribution in [0, 0.1) is 12.7 Å². The molecule has 0 saturated heterocycles. The van der Waals surface area contributed by atoms with Gasteiger partial charge < -0.3 is 15.7 Å². The van der Waals surface area contributed by atoms with Crippen molar-refractivity contribution in [3.05, 3.63) is 71.0 Å². The largest absolute Gasteiger partial charge is 0.480 e. The van der Waals surface area contributed by atoms with Gasteiger partial charge in [0.25, 0.3) is 0 Å². The lowest BCUT2D eigenvalue weighted by atomic mass is 10.0. The maximum Gasteiger partial charge on any atom is 0.326 e. The van der Waals surface area contributed by atoms with E-state index in [1.165, 1.54) is 31.2 Å². The Kier molecular flexibility index (Phi) is 7.26. The number of aliphatic carboxylic acids is 1. The highest BCUT2D eigenvalue weighted by molar-refractivity contribution is 5.90. The Balaban J connectivity index is 2.11. The minimum Gasteiger partial charge on any atom is -0.480 e. The minimum absolute atomic E-state index is 0.114. The molecule has 148 valence electrons. The number of amides is 2. The number of carbonyl (C=O) groups is 3. The van der Waals surface area contributed by atoms with Crippen molar-refractivity contribution in [1.29, 1.82) is 0 Å². The third-order valence-electron chi connectivity index (χ3n) is 4.22. The summed E-state index contributed by atoms with van der Waals surface area (Å²) in [5, 5.41) is 14.5. The van der Waals surface area contributed by atoms with Gasteiger partial charge in [-0.05, 0) is 30.2 Å². The Morgan fingerprint density at radius 3 is 1.89 bits per heavy atom. The molecular weight excluding hydrogens is 363 g/mol. The van der Waals surface area contributed by atoms with E-state index in [0.29, 0.717) is 5.56 Å². The highest BCUT2D eigenvalue weighted by Crippen LogP contribution is 2.09. The van der Waals surface area contributed by atoms with Crippen LogP contribution >= 0.6 is 0 Å². The number of rotatable bonds is 8. The molecule has 0 aromatic heterocycles. The number of hydrogen-bond donors (Lipinski definition) is 3. The van der Waals surface area contributed by atoms with Crippen LogP contribution in [-0.4, -0.2) is 35.0 Å². The number of hydrogen-bond acceptors (Lipinski definition) is 3. The second-order valence-electron chi connectivity index (χ2n) is 6.67. The highest BCUT2D eigenvalue weighted by atomic mass is 19.1. The van der Waals surface area contributed by atoms with Crippen LogP contribution in [-0.2, 0) is 27.2 Å². The molecule has 0 radical (unpaired) electrons. The summed E-state index contributed by atoms with van der Waals surface area (Å²) in [5.41, 5.74) is 2.46. The van der Waals surface area contributed by atoms with E-state index in [0.717, 1.165) is 11.1 Å². The van der Waals surface area contributed by atoms with Crippen LogP contribution in [0.25, 0.3) is 0 Å². The smallest absolute Gasteiger partial charge is 0.326 e. The summed E-state index contributed by atoms with van der Waals surface area (Å²) >= 11 is 0. The van der Waals surface area contributed by atoms with E-state index >= 15 is 0 Å². The lowest BCUT2D eigenvalue weighted by Crippen LogP contribution is -2.52. The van der Waals surface area contributed by atoms with Crippen molar-refractivity contribution in [2.75, 3.05) is 0 Å². The molecule has 7 heteroatoms. The van der Waals surface area contributed by atoms with Gasteiger partial charge in [0.15, 0.2) is 0 Å². The van der Waals surface area contributed by atoms with Crippen molar-refractivity contribution in [3.8, 4) is 0 Å². The van der Waals surface area contributed by atoms with E-state index in [2.05, 4.69) is 10.6 Å². The molecule has 0 aliphatic carbocycles. The highest BCUT2D eigenvalue weighted by Gasteiger charge is 2.26. The summed E-state index contributed by atoms with van der Waals surface area (Å²) in [4.78, 5) is 35.7. The summed E-state index contributed by atoms with van der Waals surface area (Å²) in [5.74, 6) is -2.61. The summed E-state index contributed by atoms with van der Waals surface area (Å²) in [7, 11) is 0. The fourth-order valence-corrected chi connectivity index (χ4v) is 2.74. The zero-order valence-corrected chi connectivity index (χ0v) is 15.7. The monoisotopic (exact) mass is 386 g/mol. The van der Waals surface area contributed by atoms with Gasteiger partial charge in [0.1, 0.15) is 17.9 Å². The van der Waals surface area contributed by atoms with Gasteiger partial charge in [0, 0.05) is 19.8 Å². The molecule has 3 N–H and O–H groups in total. The molecule has 0 bridgehead atoms. The molecule has 0 heterocycles. The lowest BCUT2D eigenvalue weighted by molar-refractivity contribution is -0.142. The van der Waals surface area contributed by atoms with E-state index < -0.39 is 35.7 Å². The van der Waals surface area contributed by atoms with E-state index in [1.807, 2.05) is 19.1 Å². The predicted molar refractivity (Wildman–Crippen MR) is 102 cm³/mol. The number of carboxylic acids is 1. The predicted octanol–water partition coefficient (Wildman–Crippen LogP) is 1.99. The maximum absolute atomic E-state index is 13.1. The van der Waals surface area contributed by atoms with Crippen LogP contribution in [0.5, 0.6) is 0 Å². The number of aryl methyl sites for hydroxylation is 1. The first-order valence-electron chi connectivity index (χ1n) is 8.85. The SMILES string of the molecule is CC(=O)N[C@H](Cc1ccc(F)cc1)C(=O)N[C@@H](Cc1ccc(C)cc1)C(=O)O. The summed E-state index contributed by atoms with van der Waals surface area (Å²) in [6.07, 6.45) is 0.229. The molecule has 0 saturated carbocycles. The van der Waals surface area contributed by atoms with Gasteiger partial charge in [-0.3, -0.25) is 9.59 Å². The number of benzene rings is 2. The van der Waals surface area contributed by atoms with Crippen LogP contribution in [0.4, 0.5) is 4.39 Å². The van der Waals surface area contributed by atoms with Crippen molar-refractivity contribution in [2.24, 2.45) is 0 Å². The Morgan fingerprint density at radius 1 is 0.893 bits per heavy atom. The van der Waals surface area contributed by atoms with E-state index in [9.17, 15) is 23.9 Å². The molecule has 2 rings (SSSR count). The van der Waals surface area contributed by atoms with Crippen molar-refractivity contribution in [2.45, 2.75) is 38.8 Å². The van der Waals surface area contributed by atoms with Gasteiger partial charge in [-0.15, -0.1) is 0 Å². The molecular formula is C21H23FN2O4. The first-order valence-corrected chi connectivity index (χ1v) is 8.85. The molecule has 0 aliphatic rings. The number of nitrogens with one attached hydrogen (secondary N) is 2. The summed E-state index contributed by atoms with van der Waals surface area (Å²) in [6, 6.07) is 10.8. The fourth-order valence-electron chi connectivity index (χ4n) is 2.74. The molecule has 2 atom stereocenters.